The maximum atomic E-state index is 17.2. The molecule has 0 bridgehead atoms. The Balaban J connectivity index is 2.09. The Labute approximate surface area is 266 Å². The minimum Gasteiger partial charge on any atom is -0.237 e. The van der Waals surface area contributed by atoms with Gasteiger partial charge in [0.05, 0.1) is 55.6 Å². The lowest BCUT2D eigenvalue weighted by Gasteiger charge is -2.16. The lowest BCUT2D eigenvalue weighted by atomic mass is 9.89. The molecule has 8 nitrogen and oxygen atoms in total. The maximum Gasteiger partial charge on any atom is 0.270 e. The third-order valence-electron chi connectivity index (χ3n) is 7.36. The topological polar surface area (TPSA) is 113 Å². The average molecular weight is 638 g/mol. The molecule has 222 valence electrons. The van der Waals surface area contributed by atoms with Crippen molar-refractivity contribution in [3.8, 4) is 24.3 Å². The van der Waals surface area contributed by atoms with Crippen molar-refractivity contribution in [1.82, 2.24) is 0 Å². The first-order valence-electron chi connectivity index (χ1n) is 12.6. The molecule has 3 aromatic carbocycles. The standard InChI is InChI=1S/C34H4F6N8/c1-45-21-8-20(38)19(37)7-15(21)26-28(23(12-44)47-3)30-31(34(26)48-4)32(39)25-16(10-42)24(14-6-18(36)17(35)5-13(14)9-41)27(22(11-43)46-2)29(25)33(30)40/h5-8H/b27-22-,28-23+. The number of allylic oxidation sites excluding steroid dienone is 7. The van der Waals surface area contributed by atoms with Crippen LogP contribution in [-0.4, -0.2) is 0 Å². The van der Waals surface area contributed by atoms with Crippen molar-refractivity contribution < 1.29 is 26.3 Å². The van der Waals surface area contributed by atoms with E-state index < -0.39 is 124 Å². The fraction of sp³-hybridized carbons (Fsp3) is 0. The van der Waals surface area contributed by atoms with Gasteiger partial charge in [0, 0.05) is 33.4 Å². The maximum absolute atomic E-state index is 17.2. The van der Waals surface area contributed by atoms with Crippen molar-refractivity contribution in [1.29, 1.82) is 21.0 Å². The summed E-state index contributed by atoms with van der Waals surface area (Å²) in [5.74, 6) is -9.35. The average Bonchev–Trinajstić information content (AvgIpc) is 3.61. The summed E-state index contributed by atoms with van der Waals surface area (Å²) in [6.07, 6.45) is 0. The second-order valence-electron chi connectivity index (χ2n) is 9.54. The molecule has 0 radical (unpaired) electrons. The summed E-state index contributed by atoms with van der Waals surface area (Å²) in [6.45, 7) is 30.4. The molecule has 2 aliphatic carbocycles. The minimum atomic E-state index is -1.62. The van der Waals surface area contributed by atoms with Gasteiger partial charge in [-0.05, 0) is 46.5 Å². The van der Waals surface area contributed by atoms with Crippen LogP contribution in [0.3, 0.4) is 0 Å². The Bertz CT molecular complexity index is 2400. The highest BCUT2D eigenvalue weighted by atomic mass is 19.2. The van der Waals surface area contributed by atoms with Gasteiger partial charge in [0.1, 0.15) is 23.5 Å². The van der Waals surface area contributed by atoms with Crippen LogP contribution in [-0.2, 0) is 0 Å². The highest BCUT2D eigenvalue weighted by Crippen LogP contribution is 2.58. The van der Waals surface area contributed by atoms with E-state index >= 15 is 8.78 Å². The van der Waals surface area contributed by atoms with Crippen molar-refractivity contribution in [2.75, 3.05) is 0 Å². The van der Waals surface area contributed by atoms with E-state index in [4.69, 9.17) is 26.3 Å². The van der Waals surface area contributed by atoms with Crippen LogP contribution < -0.4 is 0 Å². The Morgan fingerprint density at radius 1 is 0.562 bits per heavy atom. The van der Waals surface area contributed by atoms with Crippen LogP contribution in [0.4, 0.5) is 32.0 Å². The third kappa shape index (κ3) is 4.18. The normalized spacial score (nSPS) is 14.6. The van der Waals surface area contributed by atoms with Gasteiger partial charge < -0.3 is 0 Å². The second-order valence-corrected chi connectivity index (χ2v) is 9.54. The van der Waals surface area contributed by atoms with Gasteiger partial charge in [0.15, 0.2) is 23.1 Å². The smallest absolute Gasteiger partial charge is 0.237 e. The number of nitrogens with zero attached hydrogens (tertiary/aromatic N) is 8. The first-order chi connectivity index (χ1) is 23.0. The Morgan fingerprint density at radius 3 is 1.56 bits per heavy atom. The van der Waals surface area contributed by atoms with E-state index in [0.717, 1.165) is 0 Å². The molecule has 0 aliphatic heterocycles. The van der Waals surface area contributed by atoms with E-state index in [9.17, 15) is 38.6 Å². The molecule has 0 unspecified atom stereocenters. The number of fused-ring (bicyclic) bond motifs is 2. The lowest BCUT2D eigenvalue weighted by molar-refractivity contribution is 0.508. The molecular weight excluding hydrogens is 634 g/mol. The van der Waals surface area contributed by atoms with Crippen LogP contribution >= 0.6 is 0 Å². The van der Waals surface area contributed by atoms with E-state index in [1.54, 1.807) is 12.1 Å². The molecule has 0 atom stereocenters. The molecule has 0 heterocycles. The summed E-state index contributed by atoms with van der Waals surface area (Å²) in [7, 11) is 0. The van der Waals surface area contributed by atoms with Crippen LogP contribution in [0.5, 0.6) is 0 Å². The summed E-state index contributed by atoms with van der Waals surface area (Å²) in [5.41, 5.74) is -13.4. The number of hydrogen-bond acceptors (Lipinski definition) is 4. The van der Waals surface area contributed by atoms with Gasteiger partial charge in [-0.2, -0.15) is 10.5 Å². The molecule has 0 spiro atoms. The number of benzene rings is 3. The van der Waals surface area contributed by atoms with Gasteiger partial charge in [0.25, 0.3) is 11.4 Å². The van der Waals surface area contributed by atoms with E-state index in [0.29, 0.717) is 24.3 Å². The van der Waals surface area contributed by atoms with Gasteiger partial charge in [-0.15, -0.1) is 0 Å². The van der Waals surface area contributed by atoms with Crippen molar-refractivity contribution in [2.45, 2.75) is 0 Å². The van der Waals surface area contributed by atoms with Crippen LogP contribution in [0.1, 0.15) is 38.9 Å². The summed E-state index contributed by atoms with van der Waals surface area (Å²) >= 11 is 0. The van der Waals surface area contributed by atoms with E-state index in [1.165, 1.54) is 12.1 Å². The zero-order valence-corrected chi connectivity index (χ0v) is 23.2. The quantitative estimate of drug-likeness (QED) is 0.159. The largest absolute Gasteiger partial charge is 0.270 e. The zero-order valence-electron chi connectivity index (χ0n) is 23.2. The minimum absolute atomic E-state index is 0.419. The fourth-order valence-electron chi connectivity index (χ4n) is 5.54. The lowest BCUT2D eigenvalue weighted by Crippen LogP contribution is -2.05. The van der Waals surface area contributed by atoms with Crippen molar-refractivity contribution in [3.05, 3.63) is 155 Å². The number of halogens is 6. The van der Waals surface area contributed by atoms with Crippen LogP contribution in [0.25, 0.3) is 52.9 Å². The van der Waals surface area contributed by atoms with Gasteiger partial charge in [-0.3, -0.25) is 0 Å². The molecule has 14 heteroatoms. The Morgan fingerprint density at radius 2 is 1.06 bits per heavy atom. The molecule has 0 aromatic heterocycles. The van der Waals surface area contributed by atoms with Crippen LogP contribution in [0.15, 0.2) is 35.7 Å². The molecule has 48 heavy (non-hydrogen) atoms. The SMILES string of the molecule is [C-]#[N+]C1=C(c2cc(F)c(F)cc2[N+]#[C-])/C(=C(/C#N)[N+]#[C-])c2c(F)c3c(c(F)c21)C(C#N)=C(c1cc(F)c(F)cc1C#N)/C3=C(\C#N)[N+]#[C-]. The highest BCUT2D eigenvalue weighted by Gasteiger charge is 2.44. The second kappa shape index (κ2) is 11.6. The molecule has 0 saturated carbocycles. The predicted octanol–water partition coefficient (Wildman–Crippen LogP) is 8.50. The van der Waals surface area contributed by atoms with Crippen molar-refractivity contribution in [3.63, 3.8) is 0 Å². The van der Waals surface area contributed by atoms with Crippen molar-refractivity contribution in [2.24, 2.45) is 0 Å². The van der Waals surface area contributed by atoms with Gasteiger partial charge in [0.2, 0.25) is 5.70 Å². The van der Waals surface area contributed by atoms with Gasteiger partial charge in [-0.1, -0.05) is 0 Å². The molecular formula is C34H4F6N8. The van der Waals surface area contributed by atoms with Crippen molar-refractivity contribution >= 4 is 39.2 Å². The zero-order chi connectivity index (χ0) is 35.2. The summed E-state index contributed by atoms with van der Waals surface area (Å²) < 4.78 is 91.4. The molecule has 3 aromatic rings. The molecule has 5 rings (SSSR count). The molecule has 0 saturated heterocycles. The summed E-state index contributed by atoms with van der Waals surface area (Å²) in [5, 5.41) is 39.6. The Kier molecular flexibility index (Phi) is 7.60. The molecule has 0 N–H and O–H groups in total. The van der Waals surface area contributed by atoms with E-state index in [1.807, 2.05) is 0 Å². The first-order valence-corrected chi connectivity index (χ1v) is 12.6. The number of hydrogen-bond donors (Lipinski definition) is 0. The van der Waals surface area contributed by atoms with Crippen LogP contribution in [0, 0.1) is 107 Å². The van der Waals surface area contributed by atoms with Crippen LogP contribution in [0.2, 0.25) is 0 Å². The third-order valence-corrected chi connectivity index (χ3v) is 7.36. The molecule has 0 fully saturated rings. The fourth-order valence-corrected chi connectivity index (χ4v) is 5.54. The van der Waals surface area contributed by atoms with Gasteiger partial charge in [-0.25, -0.2) is 56.2 Å². The number of nitriles is 4. The summed E-state index contributed by atoms with van der Waals surface area (Å²) in [6, 6.07) is 7.74. The predicted molar refractivity (Wildman–Crippen MR) is 154 cm³/mol. The molecule has 0 amide bonds. The first kappa shape index (κ1) is 31.5. The highest BCUT2D eigenvalue weighted by molar-refractivity contribution is 6.30. The number of rotatable bonds is 2. The monoisotopic (exact) mass is 638 g/mol. The summed E-state index contributed by atoms with van der Waals surface area (Å²) in [4.78, 5) is 12.3. The van der Waals surface area contributed by atoms with E-state index in [2.05, 4.69) is 19.4 Å². The van der Waals surface area contributed by atoms with Gasteiger partial charge >= 0.3 is 0 Å². The van der Waals surface area contributed by atoms with E-state index in [-0.39, 0.29) is 0 Å². The molecule has 2 aliphatic rings. The Hall–Kier alpha value is -7.88.